The van der Waals surface area contributed by atoms with Crippen LogP contribution in [-0.4, -0.2) is 31.1 Å². The van der Waals surface area contributed by atoms with Crippen molar-refractivity contribution in [1.82, 2.24) is 10.2 Å². The Morgan fingerprint density at radius 3 is 2.71 bits per heavy atom. The molecule has 14 heavy (non-hydrogen) atoms. The molecule has 1 heterocycles. The number of nitrogens with one attached hydrogen (secondary N) is 1. The van der Waals surface area contributed by atoms with Gasteiger partial charge in [0.05, 0.1) is 0 Å². The number of nitrogens with zero attached hydrogens (tertiary/aromatic N) is 1. The molecule has 0 aliphatic carbocycles. The molecule has 0 amide bonds. The zero-order valence-electron chi connectivity index (χ0n) is 8.90. The van der Waals surface area contributed by atoms with Gasteiger partial charge < -0.3 is 10.2 Å². The number of hydrogen-bond donors (Lipinski definition) is 1. The lowest BCUT2D eigenvalue weighted by molar-refractivity contribution is 0.164. The molecule has 1 N–H and O–H groups in total. The molecule has 1 saturated heterocycles. The predicted octanol–water partition coefficient (Wildman–Crippen LogP) is 1.65. The fraction of sp³-hybridized carbons (Fsp3) is 0.500. The number of hydrogen-bond acceptors (Lipinski definition) is 2. The molecule has 0 aromatic heterocycles. The van der Waals surface area contributed by atoms with Crippen LogP contribution in [0.3, 0.4) is 0 Å². The summed E-state index contributed by atoms with van der Waals surface area (Å²) in [4.78, 5) is 2.41. The highest BCUT2D eigenvalue weighted by Gasteiger charge is 2.25. The summed E-state index contributed by atoms with van der Waals surface area (Å²) in [6.45, 7) is 4.51. The van der Waals surface area contributed by atoms with E-state index >= 15 is 0 Å². The zero-order valence-corrected chi connectivity index (χ0v) is 8.90. The topological polar surface area (TPSA) is 15.3 Å². The third-order valence-corrected chi connectivity index (χ3v) is 3.17. The average Bonchev–Trinajstić information content (AvgIpc) is 2.23. The summed E-state index contributed by atoms with van der Waals surface area (Å²) in [5.41, 5.74) is 1.39. The summed E-state index contributed by atoms with van der Waals surface area (Å²) in [5, 5.41) is 3.57. The normalized spacial score (nSPS) is 29.0. The SMILES string of the molecule is CC1C(c2ccccc2)NCCN1C. The van der Waals surface area contributed by atoms with E-state index in [1.165, 1.54) is 5.56 Å². The number of rotatable bonds is 1. The maximum Gasteiger partial charge on any atom is 0.0475 e. The van der Waals surface area contributed by atoms with Crippen LogP contribution in [0, 0.1) is 0 Å². The maximum atomic E-state index is 3.57. The van der Waals surface area contributed by atoms with Crippen LogP contribution in [0.5, 0.6) is 0 Å². The van der Waals surface area contributed by atoms with Crippen molar-refractivity contribution in [2.75, 3.05) is 20.1 Å². The summed E-state index contributed by atoms with van der Waals surface area (Å²) in [6.07, 6.45) is 0. The van der Waals surface area contributed by atoms with Gasteiger partial charge in [0.25, 0.3) is 0 Å². The van der Waals surface area contributed by atoms with Gasteiger partial charge in [-0.05, 0) is 19.5 Å². The molecule has 2 atom stereocenters. The van der Waals surface area contributed by atoms with Gasteiger partial charge in [-0.15, -0.1) is 0 Å². The predicted molar refractivity (Wildman–Crippen MR) is 59.3 cm³/mol. The van der Waals surface area contributed by atoms with Crippen LogP contribution < -0.4 is 5.32 Å². The fourth-order valence-electron chi connectivity index (χ4n) is 2.08. The Balaban J connectivity index is 2.17. The lowest BCUT2D eigenvalue weighted by Gasteiger charge is -2.38. The highest BCUT2D eigenvalue weighted by molar-refractivity contribution is 5.21. The van der Waals surface area contributed by atoms with Crippen molar-refractivity contribution in [3.63, 3.8) is 0 Å². The smallest absolute Gasteiger partial charge is 0.0475 e. The molecule has 1 aromatic carbocycles. The van der Waals surface area contributed by atoms with Crippen molar-refractivity contribution in [3.8, 4) is 0 Å². The van der Waals surface area contributed by atoms with E-state index in [-0.39, 0.29) is 0 Å². The van der Waals surface area contributed by atoms with Crippen LogP contribution >= 0.6 is 0 Å². The van der Waals surface area contributed by atoms with E-state index in [4.69, 9.17) is 0 Å². The molecule has 2 rings (SSSR count). The van der Waals surface area contributed by atoms with Gasteiger partial charge in [0.2, 0.25) is 0 Å². The first-order valence-electron chi connectivity index (χ1n) is 5.27. The number of piperazine rings is 1. The monoisotopic (exact) mass is 190 g/mol. The van der Waals surface area contributed by atoms with Crippen LogP contribution in [0.1, 0.15) is 18.5 Å². The van der Waals surface area contributed by atoms with Gasteiger partial charge in [-0.25, -0.2) is 0 Å². The molecular weight excluding hydrogens is 172 g/mol. The standard InChI is InChI=1S/C12H18N2/c1-10-12(13-8-9-14(10)2)11-6-4-3-5-7-11/h3-7,10,12-13H,8-9H2,1-2H3. The van der Waals surface area contributed by atoms with Gasteiger partial charge in [0, 0.05) is 25.2 Å². The van der Waals surface area contributed by atoms with E-state index in [2.05, 4.69) is 54.5 Å². The van der Waals surface area contributed by atoms with Gasteiger partial charge >= 0.3 is 0 Å². The third-order valence-electron chi connectivity index (χ3n) is 3.17. The minimum absolute atomic E-state index is 0.481. The van der Waals surface area contributed by atoms with Crippen LogP contribution in [0.4, 0.5) is 0 Å². The van der Waals surface area contributed by atoms with E-state index in [0.29, 0.717) is 12.1 Å². The first-order chi connectivity index (χ1) is 6.79. The van der Waals surface area contributed by atoms with E-state index in [1.807, 2.05) is 0 Å². The van der Waals surface area contributed by atoms with Crippen LogP contribution in [-0.2, 0) is 0 Å². The molecule has 0 radical (unpaired) electrons. The third kappa shape index (κ3) is 1.81. The summed E-state index contributed by atoms with van der Waals surface area (Å²) in [7, 11) is 2.20. The van der Waals surface area contributed by atoms with Crippen LogP contribution in [0.25, 0.3) is 0 Å². The van der Waals surface area contributed by atoms with Gasteiger partial charge in [-0.1, -0.05) is 30.3 Å². The van der Waals surface area contributed by atoms with Crippen molar-refractivity contribution in [1.29, 1.82) is 0 Å². The summed E-state index contributed by atoms with van der Waals surface area (Å²) < 4.78 is 0. The van der Waals surface area contributed by atoms with E-state index in [1.54, 1.807) is 0 Å². The maximum absolute atomic E-state index is 3.57. The first-order valence-corrected chi connectivity index (χ1v) is 5.27. The highest BCUT2D eigenvalue weighted by atomic mass is 15.2. The molecule has 2 unspecified atom stereocenters. The molecule has 76 valence electrons. The number of benzene rings is 1. The van der Waals surface area contributed by atoms with Gasteiger partial charge in [0.1, 0.15) is 0 Å². The van der Waals surface area contributed by atoms with E-state index < -0.39 is 0 Å². The van der Waals surface area contributed by atoms with Crippen LogP contribution in [0.2, 0.25) is 0 Å². The zero-order chi connectivity index (χ0) is 9.97. The summed E-state index contributed by atoms with van der Waals surface area (Å²) in [6, 6.07) is 11.7. The average molecular weight is 190 g/mol. The highest BCUT2D eigenvalue weighted by Crippen LogP contribution is 2.22. The summed E-state index contributed by atoms with van der Waals surface area (Å²) >= 11 is 0. The molecule has 0 saturated carbocycles. The Kier molecular flexibility index (Phi) is 2.85. The summed E-state index contributed by atoms with van der Waals surface area (Å²) in [5.74, 6) is 0. The van der Waals surface area contributed by atoms with Crippen molar-refractivity contribution >= 4 is 0 Å². The molecule has 1 aliphatic rings. The molecule has 0 bridgehead atoms. The van der Waals surface area contributed by atoms with Crippen molar-refractivity contribution in [2.45, 2.75) is 19.0 Å². The van der Waals surface area contributed by atoms with Gasteiger partial charge in [-0.3, -0.25) is 0 Å². The minimum atomic E-state index is 0.481. The first kappa shape index (κ1) is 9.69. The van der Waals surface area contributed by atoms with Crippen molar-refractivity contribution < 1.29 is 0 Å². The lowest BCUT2D eigenvalue weighted by Crippen LogP contribution is -2.49. The van der Waals surface area contributed by atoms with Gasteiger partial charge in [-0.2, -0.15) is 0 Å². The van der Waals surface area contributed by atoms with E-state index in [9.17, 15) is 0 Å². The van der Waals surface area contributed by atoms with Crippen molar-refractivity contribution in [3.05, 3.63) is 35.9 Å². The van der Waals surface area contributed by atoms with Crippen LogP contribution in [0.15, 0.2) is 30.3 Å². The second-order valence-corrected chi connectivity index (χ2v) is 4.06. The van der Waals surface area contributed by atoms with Crippen molar-refractivity contribution in [2.24, 2.45) is 0 Å². The Morgan fingerprint density at radius 1 is 1.29 bits per heavy atom. The Bertz CT molecular complexity index is 284. The molecule has 0 spiro atoms. The molecule has 1 aliphatic heterocycles. The fourth-order valence-corrected chi connectivity index (χ4v) is 2.08. The minimum Gasteiger partial charge on any atom is -0.307 e. The molecule has 1 fully saturated rings. The quantitative estimate of drug-likeness (QED) is 0.724. The Morgan fingerprint density at radius 2 is 2.00 bits per heavy atom. The molecular formula is C12H18N2. The Labute approximate surface area is 85.9 Å². The Hall–Kier alpha value is -0.860. The number of likely N-dealkylation sites (N-methyl/N-ethyl adjacent to an activating group) is 1. The molecule has 2 nitrogen and oxygen atoms in total. The second-order valence-electron chi connectivity index (χ2n) is 4.06. The van der Waals surface area contributed by atoms with E-state index in [0.717, 1.165) is 13.1 Å². The molecule has 1 aromatic rings. The largest absolute Gasteiger partial charge is 0.307 e. The molecule has 2 heteroatoms. The van der Waals surface area contributed by atoms with Gasteiger partial charge in [0.15, 0.2) is 0 Å². The second kappa shape index (κ2) is 4.11. The lowest BCUT2D eigenvalue weighted by atomic mass is 9.98.